The van der Waals surface area contributed by atoms with Crippen molar-refractivity contribution < 1.29 is 22.4 Å². The molecule has 0 saturated heterocycles. The minimum absolute atomic E-state index is 0.0556. The summed E-state index contributed by atoms with van der Waals surface area (Å²) in [6.45, 7) is -0.566. The zero-order chi connectivity index (χ0) is 16.1. The first kappa shape index (κ1) is 14.6. The average Bonchev–Trinajstić information content (AvgIpc) is 2.46. The zero-order valence-corrected chi connectivity index (χ0v) is 11.1. The van der Waals surface area contributed by atoms with Crippen LogP contribution >= 0.6 is 0 Å². The lowest BCUT2D eigenvalue weighted by atomic mass is 10.0. The average molecular weight is 314 g/mol. The number of nitrogens with zero attached hydrogens (tertiary/aromatic N) is 1. The Labute approximate surface area is 121 Å². The van der Waals surface area contributed by atoms with Gasteiger partial charge in [-0.15, -0.1) is 0 Å². The summed E-state index contributed by atoms with van der Waals surface area (Å²) in [5, 5.41) is 0.0556. The highest BCUT2D eigenvalue weighted by molar-refractivity contribution is 5.83. The Morgan fingerprint density at radius 3 is 2.68 bits per heavy atom. The van der Waals surface area contributed by atoms with Gasteiger partial charge in [-0.05, 0) is 18.2 Å². The maximum Gasteiger partial charge on any atom is 0.471 e. The Morgan fingerprint density at radius 2 is 2.00 bits per heavy atom. The first-order valence-electron chi connectivity index (χ1n) is 6.47. The van der Waals surface area contributed by atoms with Crippen molar-refractivity contribution in [3.8, 4) is 0 Å². The molecule has 2 aromatic rings. The molecule has 116 valence electrons. The van der Waals surface area contributed by atoms with E-state index in [1.165, 1.54) is 12.1 Å². The van der Waals surface area contributed by atoms with E-state index < -0.39 is 29.9 Å². The summed E-state index contributed by atoms with van der Waals surface area (Å²) in [6, 6.07) is 3.62. The molecule has 1 amide bonds. The van der Waals surface area contributed by atoms with Crippen LogP contribution in [0, 0.1) is 5.82 Å². The first-order valence-corrected chi connectivity index (χ1v) is 6.47. The van der Waals surface area contributed by atoms with Gasteiger partial charge in [-0.3, -0.25) is 9.59 Å². The van der Waals surface area contributed by atoms with E-state index >= 15 is 0 Å². The second kappa shape index (κ2) is 4.82. The molecule has 3 rings (SSSR count). The summed E-state index contributed by atoms with van der Waals surface area (Å²) in [4.78, 5) is 27.1. The number of carbonyl (C=O) groups excluding carboxylic acids is 1. The van der Waals surface area contributed by atoms with E-state index in [1.54, 1.807) is 0 Å². The number of benzene rings is 1. The Balaban J connectivity index is 2.07. The number of hydrogen-bond donors (Lipinski definition) is 1. The molecule has 1 aliphatic rings. The summed E-state index contributed by atoms with van der Waals surface area (Å²) in [5.74, 6) is -2.59. The first-order chi connectivity index (χ1) is 10.3. The molecule has 1 aromatic heterocycles. The summed E-state index contributed by atoms with van der Waals surface area (Å²) >= 11 is 0. The topological polar surface area (TPSA) is 53.2 Å². The predicted molar refractivity (Wildman–Crippen MR) is 69.7 cm³/mol. The molecule has 0 fully saturated rings. The smallest absolute Gasteiger partial charge is 0.358 e. The summed E-state index contributed by atoms with van der Waals surface area (Å²) in [5.41, 5.74) is 0.418. The third-order valence-corrected chi connectivity index (χ3v) is 3.66. The van der Waals surface area contributed by atoms with Gasteiger partial charge in [0.15, 0.2) is 5.43 Å². The van der Waals surface area contributed by atoms with Gasteiger partial charge in [-0.1, -0.05) is 0 Å². The van der Waals surface area contributed by atoms with Gasteiger partial charge in [0.2, 0.25) is 0 Å². The van der Waals surface area contributed by atoms with Gasteiger partial charge in [0, 0.05) is 35.1 Å². The molecule has 1 aliphatic heterocycles. The van der Waals surface area contributed by atoms with Gasteiger partial charge in [0.1, 0.15) is 5.82 Å². The Kier molecular flexibility index (Phi) is 3.19. The number of hydrogen-bond acceptors (Lipinski definition) is 2. The number of nitrogens with one attached hydrogen (secondary N) is 1. The van der Waals surface area contributed by atoms with Gasteiger partial charge >= 0.3 is 12.1 Å². The Morgan fingerprint density at radius 1 is 1.27 bits per heavy atom. The van der Waals surface area contributed by atoms with Crippen LogP contribution in [0.4, 0.5) is 17.6 Å². The molecule has 1 N–H and O–H groups in total. The molecule has 0 bridgehead atoms. The van der Waals surface area contributed by atoms with E-state index in [-0.39, 0.29) is 23.9 Å². The van der Waals surface area contributed by atoms with Crippen molar-refractivity contribution in [2.45, 2.75) is 19.1 Å². The van der Waals surface area contributed by atoms with Crippen LogP contribution < -0.4 is 5.43 Å². The fourth-order valence-corrected chi connectivity index (χ4v) is 2.60. The third kappa shape index (κ3) is 2.34. The summed E-state index contributed by atoms with van der Waals surface area (Å²) < 4.78 is 50.7. The van der Waals surface area contributed by atoms with Crippen LogP contribution in [0.15, 0.2) is 23.0 Å². The van der Waals surface area contributed by atoms with E-state index in [4.69, 9.17) is 0 Å². The quantitative estimate of drug-likeness (QED) is 0.757. The Hall–Kier alpha value is -2.38. The van der Waals surface area contributed by atoms with Gasteiger partial charge in [0.05, 0.1) is 6.54 Å². The molecular weight excluding hydrogens is 304 g/mol. The second-order valence-corrected chi connectivity index (χ2v) is 5.08. The molecule has 0 radical (unpaired) electrons. The molecular formula is C14H10F4N2O2. The number of halogens is 4. The van der Waals surface area contributed by atoms with Crippen LogP contribution in [-0.2, 0) is 17.8 Å². The molecule has 0 saturated carbocycles. The lowest BCUT2D eigenvalue weighted by Crippen LogP contribution is -2.45. The number of aromatic amines is 1. The SMILES string of the molecule is O=C(N1CCc2[nH]c3ccc(F)cc3c(=O)c2C1)C(F)(F)F. The highest BCUT2D eigenvalue weighted by Gasteiger charge is 2.43. The standard InChI is InChI=1S/C14H10F4N2O2/c15-7-1-2-10-8(5-7)12(21)9-6-20(4-3-11(9)19-10)13(22)14(16,17)18/h1-2,5H,3-4,6H2,(H,19,21). The minimum Gasteiger partial charge on any atom is -0.358 e. The zero-order valence-electron chi connectivity index (χ0n) is 11.1. The monoisotopic (exact) mass is 314 g/mol. The maximum atomic E-state index is 13.2. The van der Waals surface area contributed by atoms with Crippen molar-refractivity contribution in [1.82, 2.24) is 9.88 Å². The number of fused-ring (bicyclic) bond motifs is 2. The largest absolute Gasteiger partial charge is 0.471 e. The van der Waals surface area contributed by atoms with Crippen molar-refractivity contribution in [3.63, 3.8) is 0 Å². The lowest BCUT2D eigenvalue weighted by Gasteiger charge is -2.29. The maximum absolute atomic E-state index is 13.2. The molecule has 22 heavy (non-hydrogen) atoms. The predicted octanol–water partition coefficient (Wildman–Crippen LogP) is 2.11. The van der Waals surface area contributed by atoms with Crippen molar-refractivity contribution in [2.75, 3.05) is 6.54 Å². The molecule has 1 aromatic carbocycles. The van der Waals surface area contributed by atoms with Gasteiger partial charge < -0.3 is 9.88 Å². The van der Waals surface area contributed by atoms with E-state index in [9.17, 15) is 27.2 Å². The molecule has 0 atom stereocenters. The lowest BCUT2D eigenvalue weighted by molar-refractivity contribution is -0.186. The van der Waals surface area contributed by atoms with E-state index in [0.717, 1.165) is 6.07 Å². The molecule has 0 spiro atoms. The van der Waals surface area contributed by atoms with Crippen LogP contribution in [0.1, 0.15) is 11.3 Å². The molecule has 0 aliphatic carbocycles. The van der Waals surface area contributed by atoms with Crippen molar-refractivity contribution in [1.29, 1.82) is 0 Å². The number of pyridine rings is 1. The van der Waals surface area contributed by atoms with Gasteiger partial charge in [-0.2, -0.15) is 13.2 Å². The Bertz CT molecular complexity index is 826. The van der Waals surface area contributed by atoms with Gasteiger partial charge in [0.25, 0.3) is 0 Å². The summed E-state index contributed by atoms with van der Waals surface area (Å²) in [6.07, 6.45) is -4.87. The molecule has 2 heterocycles. The molecule has 4 nitrogen and oxygen atoms in total. The number of alkyl halides is 3. The van der Waals surface area contributed by atoms with Crippen molar-refractivity contribution in [2.24, 2.45) is 0 Å². The minimum atomic E-state index is -4.98. The number of carbonyl (C=O) groups is 1. The van der Waals surface area contributed by atoms with Gasteiger partial charge in [-0.25, -0.2) is 4.39 Å². The number of H-pyrrole nitrogens is 1. The second-order valence-electron chi connectivity index (χ2n) is 5.08. The van der Waals surface area contributed by atoms with Crippen LogP contribution in [0.5, 0.6) is 0 Å². The summed E-state index contributed by atoms with van der Waals surface area (Å²) in [7, 11) is 0. The third-order valence-electron chi connectivity index (χ3n) is 3.66. The van der Waals surface area contributed by atoms with E-state index in [2.05, 4.69) is 4.98 Å². The fraction of sp³-hybridized carbons (Fsp3) is 0.286. The van der Waals surface area contributed by atoms with Crippen LogP contribution in [0.25, 0.3) is 10.9 Å². The highest BCUT2D eigenvalue weighted by Crippen LogP contribution is 2.24. The van der Waals surface area contributed by atoms with Crippen molar-refractivity contribution >= 4 is 16.8 Å². The molecule has 0 unspecified atom stereocenters. The fourth-order valence-electron chi connectivity index (χ4n) is 2.60. The van der Waals surface area contributed by atoms with Crippen LogP contribution in [0.2, 0.25) is 0 Å². The number of rotatable bonds is 0. The number of amides is 1. The highest BCUT2D eigenvalue weighted by atomic mass is 19.4. The molecule has 8 heteroatoms. The number of aromatic nitrogens is 1. The van der Waals surface area contributed by atoms with Crippen LogP contribution in [0.3, 0.4) is 0 Å². The van der Waals surface area contributed by atoms with Crippen molar-refractivity contribution in [3.05, 3.63) is 45.5 Å². The normalized spacial score (nSPS) is 15.0. The van der Waals surface area contributed by atoms with Crippen LogP contribution in [-0.4, -0.2) is 28.5 Å². The van der Waals surface area contributed by atoms with E-state index in [1.807, 2.05) is 0 Å². The van der Waals surface area contributed by atoms with E-state index in [0.29, 0.717) is 16.1 Å².